The molecule has 1 fully saturated rings. The summed E-state index contributed by atoms with van der Waals surface area (Å²) in [5.74, 6) is 0.199. The first-order valence-corrected chi connectivity index (χ1v) is 7.38. The zero-order valence-electron chi connectivity index (χ0n) is 12.3. The lowest BCUT2D eigenvalue weighted by atomic mass is 9.98. The van der Waals surface area contributed by atoms with E-state index in [0.29, 0.717) is 30.9 Å². The Hall–Kier alpha value is -1.88. The molecule has 0 aromatic heterocycles. The van der Waals surface area contributed by atoms with Crippen molar-refractivity contribution in [2.75, 3.05) is 0 Å². The van der Waals surface area contributed by atoms with Crippen molar-refractivity contribution in [2.24, 2.45) is 0 Å². The molecule has 3 rings (SSSR count). The van der Waals surface area contributed by atoms with Gasteiger partial charge in [-0.05, 0) is 29.5 Å². The Bertz CT molecular complexity index is 597. The molecule has 0 bridgehead atoms. The van der Waals surface area contributed by atoms with Crippen LogP contribution in [-0.2, 0) is 11.3 Å². The number of aliphatic hydroxyl groups excluding tert-OH is 1. The van der Waals surface area contributed by atoms with Gasteiger partial charge in [-0.3, -0.25) is 9.59 Å². The van der Waals surface area contributed by atoms with Gasteiger partial charge in [0.1, 0.15) is 6.23 Å². The zero-order chi connectivity index (χ0) is 15.1. The summed E-state index contributed by atoms with van der Waals surface area (Å²) in [6, 6.07) is 5.60. The molecule has 1 aromatic carbocycles. The van der Waals surface area contributed by atoms with Crippen molar-refractivity contribution in [2.45, 2.75) is 51.4 Å². The van der Waals surface area contributed by atoms with Gasteiger partial charge in [-0.2, -0.15) is 0 Å². The Labute approximate surface area is 123 Å². The average Bonchev–Trinajstić information content (AvgIpc) is 2.75. The molecule has 0 aliphatic carbocycles. The van der Waals surface area contributed by atoms with E-state index in [-0.39, 0.29) is 17.9 Å². The Morgan fingerprint density at radius 1 is 1.33 bits per heavy atom. The van der Waals surface area contributed by atoms with Crippen LogP contribution < -0.4 is 5.32 Å². The Morgan fingerprint density at radius 2 is 2.10 bits per heavy atom. The number of hydrogen-bond donors (Lipinski definition) is 2. The summed E-state index contributed by atoms with van der Waals surface area (Å²) in [5.41, 5.74) is 2.93. The fourth-order valence-corrected chi connectivity index (χ4v) is 3.09. The van der Waals surface area contributed by atoms with Gasteiger partial charge in [-0.15, -0.1) is 0 Å². The van der Waals surface area contributed by atoms with Gasteiger partial charge in [-0.1, -0.05) is 26.0 Å². The van der Waals surface area contributed by atoms with Crippen molar-refractivity contribution >= 4 is 11.8 Å². The lowest BCUT2D eigenvalue weighted by Crippen LogP contribution is -2.55. The highest BCUT2D eigenvalue weighted by Crippen LogP contribution is 2.30. The second-order valence-electron chi connectivity index (χ2n) is 6.12. The van der Waals surface area contributed by atoms with E-state index < -0.39 is 6.23 Å². The first-order chi connectivity index (χ1) is 9.97. The summed E-state index contributed by atoms with van der Waals surface area (Å²) < 4.78 is 0. The lowest BCUT2D eigenvalue weighted by molar-refractivity contribution is -0.129. The third kappa shape index (κ3) is 2.42. The maximum Gasteiger partial charge on any atom is 0.254 e. The van der Waals surface area contributed by atoms with Crippen molar-refractivity contribution < 1.29 is 14.7 Å². The minimum absolute atomic E-state index is 0.0551. The topological polar surface area (TPSA) is 69.6 Å². The number of nitrogens with zero attached hydrogens (tertiary/aromatic N) is 1. The molecule has 2 aliphatic rings. The number of carbonyl (C=O) groups is 2. The monoisotopic (exact) mass is 288 g/mol. The van der Waals surface area contributed by atoms with Crippen molar-refractivity contribution in [1.29, 1.82) is 0 Å². The smallest absolute Gasteiger partial charge is 0.254 e. The quantitative estimate of drug-likeness (QED) is 0.863. The number of nitrogens with one attached hydrogen (secondary N) is 1. The molecule has 2 N–H and O–H groups in total. The molecule has 2 amide bonds. The third-order valence-electron chi connectivity index (χ3n) is 4.37. The minimum atomic E-state index is -0.978. The molecule has 2 aliphatic heterocycles. The minimum Gasteiger partial charge on any atom is -0.372 e. The van der Waals surface area contributed by atoms with Gasteiger partial charge in [0, 0.05) is 18.5 Å². The van der Waals surface area contributed by atoms with Gasteiger partial charge >= 0.3 is 0 Å². The van der Waals surface area contributed by atoms with E-state index in [4.69, 9.17) is 0 Å². The molecule has 2 unspecified atom stereocenters. The van der Waals surface area contributed by atoms with Crippen LogP contribution in [0.25, 0.3) is 0 Å². The Morgan fingerprint density at radius 3 is 2.76 bits per heavy atom. The van der Waals surface area contributed by atoms with Crippen molar-refractivity contribution in [3.63, 3.8) is 0 Å². The van der Waals surface area contributed by atoms with Gasteiger partial charge in [0.25, 0.3) is 5.91 Å². The van der Waals surface area contributed by atoms with Gasteiger partial charge in [-0.25, -0.2) is 0 Å². The van der Waals surface area contributed by atoms with Crippen LogP contribution in [0.1, 0.15) is 54.1 Å². The predicted molar refractivity (Wildman–Crippen MR) is 77.6 cm³/mol. The molecule has 0 spiro atoms. The van der Waals surface area contributed by atoms with Crippen LogP contribution in [0.2, 0.25) is 0 Å². The summed E-state index contributed by atoms with van der Waals surface area (Å²) >= 11 is 0. The van der Waals surface area contributed by atoms with Gasteiger partial charge in [0.15, 0.2) is 0 Å². The molecule has 1 aromatic rings. The number of fused-ring (bicyclic) bond motifs is 1. The van der Waals surface area contributed by atoms with Gasteiger partial charge in [0.05, 0.1) is 6.04 Å². The van der Waals surface area contributed by atoms with E-state index in [9.17, 15) is 14.7 Å². The van der Waals surface area contributed by atoms with Crippen molar-refractivity contribution in [3.8, 4) is 0 Å². The molecule has 1 saturated heterocycles. The molecular formula is C16H20N2O3. The molecule has 21 heavy (non-hydrogen) atoms. The number of amides is 2. The van der Waals surface area contributed by atoms with Crippen LogP contribution >= 0.6 is 0 Å². The van der Waals surface area contributed by atoms with Gasteiger partial charge < -0.3 is 15.3 Å². The fraction of sp³-hybridized carbons (Fsp3) is 0.500. The fourth-order valence-electron chi connectivity index (χ4n) is 3.09. The SMILES string of the molecule is CC(C)c1ccc2c(c1)CN(C1CCC(=O)NC1O)C2=O. The molecule has 0 radical (unpaired) electrons. The summed E-state index contributed by atoms with van der Waals surface area (Å²) in [5, 5.41) is 12.5. The van der Waals surface area contributed by atoms with E-state index in [0.717, 1.165) is 5.56 Å². The molecule has 5 nitrogen and oxygen atoms in total. The van der Waals surface area contributed by atoms with Crippen LogP contribution in [0.5, 0.6) is 0 Å². The summed E-state index contributed by atoms with van der Waals surface area (Å²) in [7, 11) is 0. The van der Waals surface area contributed by atoms with Crippen LogP contribution in [0.4, 0.5) is 0 Å². The third-order valence-corrected chi connectivity index (χ3v) is 4.37. The molecule has 5 heteroatoms. The molecule has 112 valence electrons. The standard InChI is InChI=1S/C16H20N2O3/c1-9(2)10-3-4-12-11(7-10)8-18(16(12)21)13-5-6-14(19)17-15(13)20/h3-4,7,9,13,15,20H,5-6,8H2,1-2H3,(H,17,19). The number of benzene rings is 1. The number of rotatable bonds is 2. The lowest BCUT2D eigenvalue weighted by Gasteiger charge is -2.35. The van der Waals surface area contributed by atoms with Crippen LogP contribution in [0, 0.1) is 0 Å². The Balaban J connectivity index is 1.84. The number of piperidine rings is 1. The first kappa shape index (κ1) is 14.1. The second kappa shape index (κ2) is 5.15. The summed E-state index contributed by atoms with van der Waals surface area (Å²) in [6.07, 6.45) is -0.128. The largest absolute Gasteiger partial charge is 0.372 e. The first-order valence-electron chi connectivity index (χ1n) is 7.38. The molecule has 2 atom stereocenters. The van der Waals surface area contributed by atoms with E-state index in [1.165, 1.54) is 5.56 Å². The maximum absolute atomic E-state index is 12.5. The van der Waals surface area contributed by atoms with Crippen molar-refractivity contribution in [1.82, 2.24) is 10.2 Å². The van der Waals surface area contributed by atoms with E-state index in [1.54, 1.807) is 4.90 Å². The zero-order valence-corrected chi connectivity index (χ0v) is 12.3. The normalized spacial score (nSPS) is 25.2. The van der Waals surface area contributed by atoms with Crippen LogP contribution in [-0.4, -0.2) is 34.1 Å². The average molecular weight is 288 g/mol. The number of hydrogen-bond acceptors (Lipinski definition) is 3. The molecule has 0 saturated carbocycles. The summed E-state index contributed by atoms with van der Waals surface area (Å²) in [4.78, 5) is 25.5. The maximum atomic E-state index is 12.5. The van der Waals surface area contributed by atoms with Crippen LogP contribution in [0.15, 0.2) is 18.2 Å². The molecular weight excluding hydrogens is 268 g/mol. The molecule has 2 heterocycles. The van der Waals surface area contributed by atoms with Crippen molar-refractivity contribution in [3.05, 3.63) is 34.9 Å². The van der Waals surface area contributed by atoms with E-state index in [1.807, 2.05) is 12.1 Å². The highest BCUT2D eigenvalue weighted by molar-refractivity contribution is 5.98. The predicted octanol–water partition coefficient (Wildman–Crippen LogP) is 1.36. The van der Waals surface area contributed by atoms with E-state index in [2.05, 4.69) is 25.2 Å². The second-order valence-corrected chi connectivity index (χ2v) is 6.12. The number of aliphatic hydroxyl groups is 1. The number of carbonyl (C=O) groups excluding carboxylic acids is 2. The Kier molecular flexibility index (Phi) is 3.45. The highest BCUT2D eigenvalue weighted by atomic mass is 16.3. The summed E-state index contributed by atoms with van der Waals surface area (Å²) in [6.45, 7) is 4.75. The van der Waals surface area contributed by atoms with E-state index >= 15 is 0 Å². The van der Waals surface area contributed by atoms with Crippen LogP contribution in [0.3, 0.4) is 0 Å². The highest BCUT2D eigenvalue weighted by Gasteiger charge is 2.38. The van der Waals surface area contributed by atoms with Gasteiger partial charge in [0.2, 0.25) is 5.91 Å².